The minimum Gasteiger partial charge on any atom is -0.481 e. The summed E-state index contributed by atoms with van der Waals surface area (Å²) < 4.78 is 0. The van der Waals surface area contributed by atoms with Crippen LogP contribution in [0.15, 0.2) is 17.3 Å². The van der Waals surface area contributed by atoms with Crippen molar-refractivity contribution in [1.29, 1.82) is 5.26 Å². The van der Waals surface area contributed by atoms with Crippen molar-refractivity contribution in [2.45, 2.75) is 11.4 Å². The molecule has 88 valence electrons. The van der Waals surface area contributed by atoms with Crippen molar-refractivity contribution in [2.75, 3.05) is 5.75 Å². The van der Waals surface area contributed by atoms with E-state index in [1.54, 1.807) is 6.07 Å². The number of carboxylic acid groups (broad SMARTS) is 1. The molecule has 0 unspecified atom stereocenters. The molecule has 17 heavy (non-hydrogen) atoms. The summed E-state index contributed by atoms with van der Waals surface area (Å²) in [4.78, 5) is 24.1. The summed E-state index contributed by atoms with van der Waals surface area (Å²) in [6, 6.07) is 2.87. The van der Waals surface area contributed by atoms with Crippen molar-refractivity contribution in [3.8, 4) is 6.07 Å². The molecule has 8 heteroatoms. The SMILES string of the molecule is N#Cc1cnc(SCCC(=O)O)c([N+](=O)[O-])c1. The van der Waals surface area contributed by atoms with Gasteiger partial charge in [-0.1, -0.05) is 11.8 Å². The highest BCUT2D eigenvalue weighted by Crippen LogP contribution is 2.27. The van der Waals surface area contributed by atoms with E-state index in [1.165, 1.54) is 6.20 Å². The minimum atomic E-state index is -0.978. The Balaban J connectivity index is 2.88. The number of rotatable bonds is 5. The molecular weight excluding hydrogens is 246 g/mol. The molecule has 0 radical (unpaired) electrons. The maximum absolute atomic E-state index is 10.7. The van der Waals surface area contributed by atoms with Crippen molar-refractivity contribution in [2.24, 2.45) is 0 Å². The fourth-order valence-corrected chi connectivity index (χ4v) is 1.86. The minimum absolute atomic E-state index is 0.0966. The van der Waals surface area contributed by atoms with Gasteiger partial charge in [0.25, 0.3) is 0 Å². The summed E-state index contributed by atoms with van der Waals surface area (Å²) in [6.45, 7) is 0. The zero-order valence-corrected chi connectivity index (χ0v) is 9.31. The van der Waals surface area contributed by atoms with Crippen molar-refractivity contribution in [1.82, 2.24) is 4.98 Å². The molecule has 1 aromatic heterocycles. The van der Waals surface area contributed by atoms with Crippen LogP contribution in [-0.4, -0.2) is 26.7 Å². The molecule has 0 aromatic carbocycles. The predicted molar refractivity (Wildman–Crippen MR) is 58.6 cm³/mol. The molecule has 0 aliphatic rings. The Morgan fingerprint density at radius 3 is 2.94 bits per heavy atom. The fourth-order valence-electron chi connectivity index (χ4n) is 0.979. The van der Waals surface area contributed by atoms with Gasteiger partial charge >= 0.3 is 11.7 Å². The van der Waals surface area contributed by atoms with Crippen LogP contribution < -0.4 is 0 Å². The van der Waals surface area contributed by atoms with E-state index in [-0.39, 0.29) is 28.5 Å². The molecule has 0 bridgehead atoms. The van der Waals surface area contributed by atoms with Crippen LogP contribution in [0.25, 0.3) is 0 Å². The summed E-state index contributed by atoms with van der Waals surface area (Å²) >= 11 is 0.980. The Kier molecular flexibility index (Phi) is 4.42. The number of pyridine rings is 1. The van der Waals surface area contributed by atoms with Crippen LogP contribution in [-0.2, 0) is 4.79 Å². The van der Waals surface area contributed by atoms with Crippen LogP contribution in [0.5, 0.6) is 0 Å². The average Bonchev–Trinajstić information content (AvgIpc) is 2.28. The largest absolute Gasteiger partial charge is 0.481 e. The maximum atomic E-state index is 10.7. The van der Waals surface area contributed by atoms with Crippen molar-refractivity contribution in [3.63, 3.8) is 0 Å². The van der Waals surface area contributed by atoms with Crippen LogP contribution >= 0.6 is 11.8 Å². The van der Waals surface area contributed by atoms with Crippen LogP contribution in [0, 0.1) is 21.4 Å². The van der Waals surface area contributed by atoms with E-state index in [0.717, 1.165) is 17.8 Å². The Bertz CT molecular complexity index is 498. The summed E-state index contributed by atoms with van der Waals surface area (Å²) in [7, 11) is 0. The molecule has 0 amide bonds. The fraction of sp³-hybridized carbons (Fsp3) is 0.222. The number of hydrogen-bond donors (Lipinski definition) is 1. The number of thioether (sulfide) groups is 1. The molecule has 1 heterocycles. The highest BCUT2D eigenvalue weighted by atomic mass is 32.2. The average molecular weight is 253 g/mol. The normalized spacial score (nSPS) is 9.59. The lowest BCUT2D eigenvalue weighted by molar-refractivity contribution is -0.388. The summed E-state index contributed by atoms with van der Waals surface area (Å²) in [6.07, 6.45) is 1.11. The summed E-state index contributed by atoms with van der Waals surface area (Å²) in [5.74, 6) is -0.788. The molecule has 7 nitrogen and oxygen atoms in total. The Labute approximate surface area is 100 Å². The summed E-state index contributed by atoms with van der Waals surface area (Å²) in [5, 5.41) is 27.9. The number of aromatic nitrogens is 1. The zero-order valence-electron chi connectivity index (χ0n) is 8.49. The lowest BCUT2D eigenvalue weighted by atomic mass is 10.3. The van der Waals surface area contributed by atoms with E-state index in [2.05, 4.69) is 4.98 Å². The lowest BCUT2D eigenvalue weighted by Crippen LogP contribution is -1.98. The third-order valence-corrected chi connectivity index (χ3v) is 2.71. The van der Waals surface area contributed by atoms with Gasteiger partial charge < -0.3 is 5.11 Å². The molecule has 0 saturated heterocycles. The molecule has 1 aromatic rings. The van der Waals surface area contributed by atoms with Gasteiger partial charge in [0.15, 0.2) is 5.03 Å². The molecule has 0 atom stereocenters. The highest BCUT2D eigenvalue weighted by Gasteiger charge is 2.17. The smallest absolute Gasteiger partial charge is 0.304 e. The number of carbonyl (C=O) groups is 1. The molecule has 0 saturated carbocycles. The van der Waals surface area contributed by atoms with Crippen molar-refractivity contribution >= 4 is 23.4 Å². The van der Waals surface area contributed by atoms with Gasteiger partial charge in [-0.25, -0.2) is 4.98 Å². The van der Waals surface area contributed by atoms with E-state index < -0.39 is 10.9 Å². The lowest BCUT2D eigenvalue weighted by Gasteiger charge is -2.00. The summed E-state index contributed by atoms with van der Waals surface area (Å²) in [5.41, 5.74) is -0.182. The van der Waals surface area contributed by atoms with Gasteiger partial charge in [0, 0.05) is 18.0 Å². The molecule has 0 spiro atoms. The quantitative estimate of drug-likeness (QED) is 0.479. The van der Waals surface area contributed by atoms with Crippen LogP contribution in [0.1, 0.15) is 12.0 Å². The van der Waals surface area contributed by atoms with Crippen LogP contribution in [0.2, 0.25) is 0 Å². The van der Waals surface area contributed by atoms with E-state index in [1.807, 2.05) is 0 Å². The van der Waals surface area contributed by atoms with Gasteiger partial charge in [0.05, 0.1) is 16.9 Å². The second-order valence-electron chi connectivity index (χ2n) is 2.91. The molecule has 0 aliphatic heterocycles. The van der Waals surface area contributed by atoms with E-state index in [4.69, 9.17) is 10.4 Å². The third kappa shape index (κ3) is 3.73. The standard InChI is InChI=1S/C9H7N3O4S/c10-4-6-3-7(12(15)16)9(11-5-6)17-2-1-8(13)14/h3,5H,1-2H2,(H,13,14). The molecular formula is C9H7N3O4S. The first-order chi connectivity index (χ1) is 8.04. The van der Waals surface area contributed by atoms with Crippen LogP contribution in [0.3, 0.4) is 0 Å². The van der Waals surface area contributed by atoms with E-state index in [0.29, 0.717) is 0 Å². The van der Waals surface area contributed by atoms with E-state index >= 15 is 0 Å². The first-order valence-electron chi connectivity index (χ1n) is 4.43. The predicted octanol–water partition coefficient (Wildman–Crippen LogP) is 1.43. The topological polar surface area (TPSA) is 117 Å². The monoisotopic (exact) mass is 253 g/mol. The number of nitro groups is 1. The third-order valence-electron chi connectivity index (χ3n) is 1.71. The number of carboxylic acids is 1. The Morgan fingerprint density at radius 1 is 1.71 bits per heavy atom. The van der Waals surface area contributed by atoms with Gasteiger partial charge in [-0.3, -0.25) is 14.9 Å². The van der Waals surface area contributed by atoms with Crippen molar-refractivity contribution < 1.29 is 14.8 Å². The molecule has 1 rings (SSSR count). The maximum Gasteiger partial charge on any atom is 0.304 e. The molecule has 0 aliphatic carbocycles. The first-order valence-corrected chi connectivity index (χ1v) is 5.42. The van der Waals surface area contributed by atoms with E-state index in [9.17, 15) is 14.9 Å². The van der Waals surface area contributed by atoms with Gasteiger partial charge in [-0.05, 0) is 0 Å². The van der Waals surface area contributed by atoms with Gasteiger partial charge in [0.2, 0.25) is 0 Å². The van der Waals surface area contributed by atoms with Crippen molar-refractivity contribution in [3.05, 3.63) is 27.9 Å². The first kappa shape index (κ1) is 12.9. The van der Waals surface area contributed by atoms with Gasteiger partial charge in [-0.15, -0.1) is 0 Å². The van der Waals surface area contributed by atoms with Gasteiger partial charge in [-0.2, -0.15) is 5.26 Å². The Morgan fingerprint density at radius 2 is 2.41 bits per heavy atom. The second-order valence-corrected chi connectivity index (χ2v) is 3.99. The number of nitriles is 1. The van der Waals surface area contributed by atoms with Crippen LogP contribution in [0.4, 0.5) is 5.69 Å². The zero-order chi connectivity index (χ0) is 12.8. The second kappa shape index (κ2) is 5.81. The Hall–Kier alpha value is -2.14. The van der Waals surface area contributed by atoms with Gasteiger partial charge in [0.1, 0.15) is 6.07 Å². The number of nitrogens with zero attached hydrogens (tertiary/aromatic N) is 3. The number of aliphatic carboxylic acids is 1. The number of hydrogen-bond acceptors (Lipinski definition) is 6. The molecule has 0 fully saturated rings. The highest BCUT2D eigenvalue weighted by molar-refractivity contribution is 7.99. The molecule has 1 N–H and O–H groups in total.